The topological polar surface area (TPSA) is 57.5 Å². The molecule has 3 nitrogen and oxygen atoms in total. The van der Waals surface area contributed by atoms with Gasteiger partial charge in [0, 0.05) is 16.8 Å². The Balaban J connectivity index is 2.43. The monoisotopic (exact) mass is 304 g/mol. The van der Waals surface area contributed by atoms with Crippen molar-refractivity contribution in [3.05, 3.63) is 60.7 Å². The fourth-order valence-corrected chi connectivity index (χ4v) is 5.15. The van der Waals surface area contributed by atoms with Gasteiger partial charge in [-0.1, -0.05) is 67.6 Å². The largest absolute Gasteiger partial charge is 0.390 e. The van der Waals surface area contributed by atoms with Crippen LogP contribution in [0.1, 0.15) is 13.3 Å². The molecule has 0 amide bonds. The SMILES string of the molecule is CC[C@@H](O)[C@H](O)CP(=O)(c1ccccc1)c1ccccc1. The van der Waals surface area contributed by atoms with E-state index in [1.165, 1.54) is 0 Å². The van der Waals surface area contributed by atoms with Gasteiger partial charge in [0.1, 0.15) is 7.14 Å². The summed E-state index contributed by atoms with van der Waals surface area (Å²) in [6, 6.07) is 18.4. The van der Waals surface area contributed by atoms with Crippen LogP contribution < -0.4 is 10.6 Å². The number of rotatable bonds is 6. The van der Waals surface area contributed by atoms with Crippen molar-refractivity contribution in [3.63, 3.8) is 0 Å². The van der Waals surface area contributed by atoms with Crippen molar-refractivity contribution in [2.45, 2.75) is 25.6 Å². The van der Waals surface area contributed by atoms with Crippen LogP contribution in [0.4, 0.5) is 0 Å². The number of aliphatic hydroxyl groups is 2. The summed E-state index contributed by atoms with van der Waals surface area (Å²) >= 11 is 0. The maximum atomic E-state index is 13.6. The van der Waals surface area contributed by atoms with Gasteiger partial charge in [0.05, 0.1) is 12.2 Å². The molecule has 2 aromatic carbocycles. The summed E-state index contributed by atoms with van der Waals surface area (Å²) in [5, 5.41) is 21.4. The smallest absolute Gasteiger partial charge is 0.145 e. The van der Waals surface area contributed by atoms with Gasteiger partial charge in [-0.05, 0) is 6.42 Å². The highest BCUT2D eigenvalue weighted by molar-refractivity contribution is 7.78. The maximum Gasteiger partial charge on any atom is 0.145 e. The van der Waals surface area contributed by atoms with E-state index in [1.807, 2.05) is 60.7 Å². The van der Waals surface area contributed by atoms with Crippen LogP contribution >= 0.6 is 7.14 Å². The highest BCUT2D eigenvalue weighted by atomic mass is 31.2. The van der Waals surface area contributed by atoms with Gasteiger partial charge in [-0.3, -0.25) is 0 Å². The lowest BCUT2D eigenvalue weighted by Crippen LogP contribution is -2.33. The Hall–Kier alpha value is -1.41. The second kappa shape index (κ2) is 7.04. The Kier molecular flexibility index (Phi) is 5.35. The number of hydrogen-bond donors (Lipinski definition) is 2. The predicted octanol–water partition coefficient (Wildman–Crippen LogP) is 2.13. The van der Waals surface area contributed by atoms with Gasteiger partial charge in [-0.2, -0.15) is 0 Å². The van der Waals surface area contributed by atoms with E-state index in [0.29, 0.717) is 17.0 Å². The van der Waals surface area contributed by atoms with Crippen molar-refractivity contribution >= 4 is 17.8 Å². The van der Waals surface area contributed by atoms with Crippen LogP contribution in [0.25, 0.3) is 0 Å². The van der Waals surface area contributed by atoms with Crippen molar-refractivity contribution < 1.29 is 14.8 Å². The van der Waals surface area contributed by atoms with Crippen molar-refractivity contribution in [2.75, 3.05) is 6.16 Å². The molecule has 2 atom stereocenters. The molecule has 0 radical (unpaired) electrons. The third-order valence-electron chi connectivity index (χ3n) is 3.65. The van der Waals surface area contributed by atoms with Crippen molar-refractivity contribution in [2.24, 2.45) is 0 Å². The molecular formula is C17H21O3P. The summed E-state index contributed by atoms with van der Waals surface area (Å²) in [5.41, 5.74) is 0. The lowest BCUT2D eigenvalue weighted by molar-refractivity contribution is 0.0313. The third kappa shape index (κ3) is 3.62. The number of benzene rings is 2. The van der Waals surface area contributed by atoms with E-state index in [-0.39, 0.29) is 6.16 Å². The van der Waals surface area contributed by atoms with Crippen LogP contribution in [0.15, 0.2) is 60.7 Å². The van der Waals surface area contributed by atoms with Crippen LogP contribution in [0.2, 0.25) is 0 Å². The fourth-order valence-electron chi connectivity index (χ4n) is 2.35. The molecule has 0 saturated carbocycles. The molecule has 4 heteroatoms. The molecule has 0 spiro atoms. The minimum absolute atomic E-state index is 0.0516. The molecule has 2 rings (SSSR count). The van der Waals surface area contributed by atoms with E-state index >= 15 is 0 Å². The molecule has 2 aromatic rings. The normalized spacial score (nSPS) is 14.6. The molecule has 0 aromatic heterocycles. The van der Waals surface area contributed by atoms with Gasteiger partial charge in [0.2, 0.25) is 0 Å². The first-order valence-corrected chi connectivity index (χ1v) is 9.03. The molecule has 0 heterocycles. The Morgan fingerprint density at radius 2 is 1.29 bits per heavy atom. The van der Waals surface area contributed by atoms with Crippen LogP contribution in [-0.4, -0.2) is 28.6 Å². The first kappa shape index (κ1) is 16.0. The Morgan fingerprint density at radius 1 is 0.857 bits per heavy atom. The Labute approximate surface area is 125 Å². The molecule has 112 valence electrons. The van der Waals surface area contributed by atoms with E-state index in [1.54, 1.807) is 6.92 Å². The summed E-state index contributed by atoms with van der Waals surface area (Å²) in [7, 11) is -2.96. The quantitative estimate of drug-likeness (QED) is 0.804. The molecule has 0 bridgehead atoms. The van der Waals surface area contributed by atoms with Gasteiger partial charge in [-0.15, -0.1) is 0 Å². The average Bonchev–Trinajstić information content (AvgIpc) is 2.55. The van der Waals surface area contributed by atoms with Crippen molar-refractivity contribution in [1.29, 1.82) is 0 Å². The predicted molar refractivity (Wildman–Crippen MR) is 86.9 cm³/mol. The molecule has 2 N–H and O–H groups in total. The second-order valence-corrected chi connectivity index (χ2v) is 8.01. The van der Waals surface area contributed by atoms with Gasteiger partial charge >= 0.3 is 0 Å². The summed E-state index contributed by atoms with van der Waals surface area (Å²) < 4.78 is 13.6. The zero-order valence-corrected chi connectivity index (χ0v) is 13.0. The molecule has 21 heavy (non-hydrogen) atoms. The van der Waals surface area contributed by atoms with Gasteiger partial charge in [0.25, 0.3) is 0 Å². The highest BCUT2D eigenvalue weighted by Crippen LogP contribution is 2.44. The minimum Gasteiger partial charge on any atom is -0.390 e. The standard InChI is InChI=1S/C17H21O3P/c1-2-16(18)17(19)13-21(20,14-9-5-3-6-10-14)15-11-7-4-8-12-15/h3-12,16-19H,2,13H2,1H3/t16-,17-/m1/s1. The van der Waals surface area contributed by atoms with E-state index in [2.05, 4.69) is 0 Å². The van der Waals surface area contributed by atoms with Gasteiger partial charge in [0.15, 0.2) is 0 Å². The van der Waals surface area contributed by atoms with Crippen LogP contribution in [-0.2, 0) is 4.57 Å². The van der Waals surface area contributed by atoms with E-state index in [0.717, 1.165) is 0 Å². The molecule has 0 aliphatic carbocycles. The molecule has 0 aliphatic heterocycles. The van der Waals surface area contributed by atoms with Crippen LogP contribution in [0.3, 0.4) is 0 Å². The number of hydrogen-bond acceptors (Lipinski definition) is 3. The lowest BCUT2D eigenvalue weighted by atomic mass is 10.2. The van der Waals surface area contributed by atoms with E-state index < -0.39 is 19.3 Å². The molecular weight excluding hydrogens is 283 g/mol. The zero-order chi connectivity index (χ0) is 15.3. The van der Waals surface area contributed by atoms with Crippen molar-refractivity contribution in [1.82, 2.24) is 0 Å². The Morgan fingerprint density at radius 3 is 1.67 bits per heavy atom. The van der Waals surface area contributed by atoms with Crippen molar-refractivity contribution in [3.8, 4) is 0 Å². The molecule has 0 aliphatic rings. The molecule has 0 saturated heterocycles. The number of aliphatic hydroxyl groups excluding tert-OH is 2. The first-order valence-electron chi connectivity index (χ1n) is 7.14. The zero-order valence-electron chi connectivity index (χ0n) is 12.1. The minimum atomic E-state index is -2.96. The summed E-state index contributed by atoms with van der Waals surface area (Å²) in [4.78, 5) is 0. The summed E-state index contributed by atoms with van der Waals surface area (Å²) in [5.74, 6) is 0. The van der Waals surface area contributed by atoms with Gasteiger partial charge in [-0.25, -0.2) is 0 Å². The molecule has 0 unspecified atom stereocenters. The first-order chi connectivity index (χ1) is 10.1. The van der Waals surface area contributed by atoms with Crippen LogP contribution in [0.5, 0.6) is 0 Å². The van der Waals surface area contributed by atoms with E-state index in [9.17, 15) is 14.8 Å². The highest BCUT2D eigenvalue weighted by Gasteiger charge is 2.32. The maximum absolute atomic E-state index is 13.6. The molecule has 0 fully saturated rings. The average molecular weight is 304 g/mol. The Bertz CT molecular complexity index is 554. The summed E-state index contributed by atoms with van der Waals surface area (Å²) in [6.07, 6.45) is -1.37. The van der Waals surface area contributed by atoms with Gasteiger partial charge < -0.3 is 14.8 Å². The summed E-state index contributed by atoms with van der Waals surface area (Å²) in [6.45, 7) is 1.80. The van der Waals surface area contributed by atoms with Crippen LogP contribution in [0, 0.1) is 0 Å². The fraction of sp³-hybridized carbons (Fsp3) is 0.294. The third-order valence-corrected chi connectivity index (χ3v) is 6.81. The van der Waals surface area contributed by atoms with E-state index in [4.69, 9.17) is 0 Å². The second-order valence-electron chi connectivity index (χ2n) is 5.14. The lowest BCUT2D eigenvalue weighted by Gasteiger charge is -2.24.